The van der Waals surface area contributed by atoms with E-state index in [-0.39, 0.29) is 5.60 Å². The fraction of sp³-hybridized carbons (Fsp3) is 0.455. The van der Waals surface area contributed by atoms with Gasteiger partial charge in [-0.05, 0) is 12.5 Å². The zero-order valence-electron chi connectivity index (χ0n) is 7.82. The highest BCUT2D eigenvalue weighted by Crippen LogP contribution is 2.22. The number of rotatable bonds is 2. The average Bonchev–Trinajstić information content (AvgIpc) is 2.54. The highest BCUT2D eigenvalue weighted by atomic mass is 16.7. The Bertz CT molecular complexity index is 263. The van der Waals surface area contributed by atoms with Gasteiger partial charge in [0.15, 0.2) is 0 Å². The lowest BCUT2D eigenvalue weighted by atomic mass is 9.98. The Kier molecular flexibility index (Phi) is 2.34. The van der Waals surface area contributed by atoms with E-state index >= 15 is 0 Å². The molecular weight excluding hydrogens is 164 g/mol. The Morgan fingerprint density at radius 1 is 1.31 bits per heavy atom. The molecule has 70 valence electrons. The second-order valence-electron chi connectivity index (χ2n) is 3.72. The summed E-state index contributed by atoms with van der Waals surface area (Å²) >= 11 is 0. The summed E-state index contributed by atoms with van der Waals surface area (Å²) in [5.41, 5.74) is 1.18. The van der Waals surface area contributed by atoms with Crippen LogP contribution < -0.4 is 0 Å². The van der Waals surface area contributed by atoms with Crippen molar-refractivity contribution in [3.63, 3.8) is 0 Å². The zero-order chi connectivity index (χ0) is 9.15. The Balaban J connectivity index is 2.05. The van der Waals surface area contributed by atoms with Gasteiger partial charge in [0.25, 0.3) is 0 Å². The van der Waals surface area contributed by atoms with Crippen LogP contribution in [0.3, 0.4) is 0 Å². The van der Waals surface area contributed by atoms with Gasteiger partial charge >= 0.3 is 0 Å². The Morgan fingerprint density at radius 3 is 2.69 bits per heavy atom. The summed E-state index contributed by atoms with van der Waals surface area (Å²) in [4.78, 5) is 0. The van der Waals surface area contributed by atoms with Gasteiger partial charge in [0.1, 0.15) is 6.79 Å². The first-order chi connectivity index (χ1) is 6.29. The van der Waals surface area contributed by atoms with E-state index in [9.17, 15) is 0 Å². The van der Waals surface area contributed by atoms with Crippen molar-refractivity contribution in [2.45, 2.75) is 18.9 Å². The molecule has 1 fully saturated rings. The first-order valence-electron chi connectivity index (χ1n) is 4.54. The molecule has 2 heteroatoms. The van der Waals surface area contributed by atoms with Crippen LogP contribution >= 0.6 is 0 Å². The van der Waals surface area contributed by atoms with Crippen LogP contribution in [0.5, 0.6) is 0 Å². The van der Waals surface area contributed by atoms with Gasteiger partial charge in [0, 0.05) is 6.42 Å². The zero-order valence-corrected chi connectivity index (χ0v) is 7.82. The van der Waals surface area contributed by atoms with Gasteiger partial charge in [-0.1, -0.05) is 30.3 Å². The van der Waals surface area contributed by atoms with Crippen molar-refractivity contribution in [1.82, 2.24) is 0 Å². The monoisotopic (exact) mass is 178 g/mol. The lowest BCUT2D eigenvalue weighted by Gasteiger charge is -2.20. The van der Waals surface area contributed by atoms with Crippen LogP contribution in [0.2, 0.25) is 0 Å². The highest BCUT2D eigenvalue weighted by Gasteiger charge is 2.30. The minimum Gasteiger partial charge on any atom is -0.352 e. The highest BCUT2D eigenvalue weighted by molar-refractivity contribution is 5.17. The summed E-state index contributed by atoms with van der Waals surface area (Å²) in [6.45, 7) is 3.22. The van der Waals surface area contributed by atoms with E-state index in [2.05, 4.69) is 31.2 Å². The molecule has 0 amide bonds. The van der Waals surface area contributed by atoms with Crippen molar-refractivity contribution in [3.8, 4) is 0 Å². The summed E-state index contributed by atoms with van der Waals surface area (Å²) < 4.78 is 10.7. The molecule has 1 aliphatic heterocycles. The minimum absolute atomic E-state index is 0.124. The summed E-state index contributed by atoms with van der Waals surface area (Å²) in [6.07, 6.45) is 0.924. The molecule has 1 aromatic rings. The van der Waals surface area contributed by atoms with Crippen molar-refractivity contribution in [1.29, 1.82) is 0 Å². The van der Waals surface area contributed by atoms with Crippen LogP contribution in [0.15, 0.2) is 30.3 Å². The van der Waals surface area contributed by atoms with Gasteiger partial charge < -0.3 is 9.47 Å². The van der Waals surface area contributed by atoms with E-state index in [0.29, 0.717) is 13.4 Å². The molecular formula is C11H14O2. The number of benzene rings is 1. The maximum atomic E-state index is 5.52. The van der Waals surface area contributed by atoms with Crippen LogP contribution in [-0.2, 0) is 15.9 Å². The molecule has 0 radical (unpaired) electrons. The predicted octanol–water partition coefficient (Wildman–Crippen LogP) is 1.99. The van der Waals surface area contributed by atoms with Crippen LogP contribution in [-0.4, -0.2) is 19.0 Å². The van der Waals surface area contributed by atoms with Gasteiger partial charge in [0.05, 0.1) is 12.2 Å². The summed E-state index contributed by atoms with van der Waals surface area (Å²) in [7, 11) is 0. The predicted molar refractivity (Wildman–Crippen MR) is 50.5 cm³/mol. The Hall–Kier alpha value is -0.860. The first kappa shape index (κ1) is 8.73. The quantitative estimate of drug-likeness (QED) is 0.689. The lowest BCUT2D eigenvalue weighted by Crippen LogP contribution is -2.29. The van der Waals surface area contributed by atoms with E-state index in [1.54, 1.807) is 0 Å². The summed E-state index contributed by atoms with van der Waals surface area (Å²) in [6, 6.07) is 10.4. The standard InChI is InChI=1S/C11H14O2/c1-11(8-12-9-13-11)7-10-5-3-2-4-6-10/h2-6H,7-9H2,1H3. The molecule has 1 aromatic carbocycles. The van der Waals surface area contributed by atoms with Crippen LogP contribution in [0, 0.1) is 0 Å². The third kappa shape index (κ3) is 2.08. The van der Waals surface area contributed by atoms with Crippen molar-refractivity contribution in [3.05, 3.63) is 35.9 Å². The number of hydrogen-bond acceptors (Lipinski definition) is 2. The van der Waals surface area contributed by atoms with Crippen LogP contribution in [0.25, 0.3) is 0 Å². The Labute approximate surface area is 78.5 Å². The molecule has 0 spiro atoms. The molecule has 0 aliphatic carbocycles. The fourth-order valence-corrected chi connectivity index (χ4v) is 1.61. The maximum Gasteiger partial charge on any atom is 0.147 e. The van der Waals surface area contributed by atoms with E-state index in [1.165, 1.54) is 5.56 Å². The molecule has 2 nitrogen and oxygen atoms in total. The molecule has 13 heavy (non-hydrogen) atoms. The van der Waals surface area contributed by atoms with Gasteiger partial charge in [-0.2, -0.15) is 0 Å². The van der Waals surface area contributed by atoms with E-state index in [1.807, 2.05) is 6.07 Å². The SMILES string of the molecule is CC1(Cc2ccccc2)COCO1. The van der Waals surface area contributed by atoms with Gasteiger partial charge in [-0.25, -0.2) is 0 Å². The largest absolute Gasteiger partial charge is 0.352 e. The molecule has 0 aromatic heterocycles. The van der Waals surface area contributed by atoms with Gasteiger partial charge in [-0.15, -0.1) is 0 Å². The maximum absolute atomic E-state index is 5.52. The van der Waals surface area contributed by atoms with Crippen molar-refractivity contribution >= 4 is 0 Å². The van der Waals surface area contributed by atoms with Gasteiger partial charge in [-0.3, -0.25) is 0 Å². The third-order valence-corrected chi connectivity index (χ3v) is 2.32. The third-order valence-electron chi connectivity index (χ3n) is 2.32. The first-order valence-corrected chi connectivity index (χ1v) is 4.54. The molecule has 1 aliphatic rings. The molecule has 0 bridgehead atoms. The molecule has 1 heterocycles. The topological polar surface area (TPSA) is 18.5 Å². The minimum atomic E-state index is -0.124. The van der Waals surface area contributed by atoms with Crippen molar-refractivity contribution in [2.24, 2.45) is 0 Å². The molecule has 0 N–H and O–H groups in total. The van der Waals surface area contributed by atoms with Gasteiger partial charge in [0.2, 0.25) is 0 Å². The second-order valence-corrected chi connectivity index (χ2v) is 3.72. The molecule has 1 saturated heterocycles. The number of ether oxygens (including phenoxy) is 2. The van der Waals surface area contributed by atoms with Crippen molar-refractivity contribution < 1.29 is 9.47 Å². The summed E-state index contributed by atoms with van der Waals surface area (Å²) in [5.74, 6) is 0. The molecule has 1 atom stereocenters. The van der Waals surface area contributed by atoms with Crippen LogP contribution in [0.1, 0.15) is 12.5 Å². The van der Waals surface area contributed by atoms with E-state index < -0.39 is 0 Å². The smallest absolute Gasteiger partial charge is 0.147 e. The normalized spacial score (nSPS) is 27.8. The molecule has 0 saturated carbocycles. The van der Waals surface area contributed by atoms with E-state index in [4.69, 9.17) is 9.47 Å². The molecule has 1 unspecified atom stereocenters. The Morgan fingerprint density at radius 2 is 2.08 bits per heavy atom. The summed E-state index contributed by atoms with van der Waals surface area (Å²) in [5, 5.41) is 0. The van der Waals surface area contributed by atoms with E-state index in [0.717, 1.165) is 6.42 Å². The van der Waals surface area contributed by atoms with Crippen LogP contribution in [0.4, 0.5) is 0 Å². The second kappa shape index (κ2) is 3.48. The lowest BCUT2D eigenvalue weighted by molar-refractivity contribution is 0.00250. The fourth-order valence-electron chi connectivity index (χ4n) is 1.61. The van der Waals surface area contributed by atoms with Crippen molar-refractivity contribution in [2.75, 3.05) is 13.4 Å². The number of hydrogen-bond donors (Lipinski definition) is 0. The molecule has 2 rings (SSSR count). The average molecular weight is 178 g/mol.